The normalized spacial score (nSPS) is 12.6. The van der Waals surface area contributed by atoms with Gasteiger partial charge in [0.25, 0.3) is 0 Å². The van der Waals surface area contributed by atoms with Crippen LogP contribution in [0.3, 0.4) is 0 Å². The molecule has 0 radical (unpaired) electrons. The summed E-state index contributed by atoms with van der Waals surface area (Å²) in [6.45, 7) is 4.27. The first-order valence-electron chi connectivity index (χ1n) is 6.83. The van der Waals surface area contributed by atoms with E-state index in [1.807, 2.05) is 19.4 Å². The van der Waals surface area contributed by atoms with Crippen molar-refractivity contribution in [2.75, 3.05) is 0 Å². The summed E-state index contributed by atoms with van der Waals surface area (Å²) < 4.78 is 2.06. The number of aromatic nitrogens is 2. The summed E-state index contributed by atoms with van der Waals surface area (Å²) in [7, 11) is 2.03. The van der Waals surface area contributed by atoms with Crippen molar-refractivity contribution in [1.29, 1.82) is 0 Å². The zero-order valence-electron chi connectivity index (χ0n) is 12.1. The summed E-state index contributed by atoms with van der Waals surface area (Å²) in [4.78, 5) is 4.33. The molecule has 102 valence electrons. The van der Waals surface area contributed by atoms with Crippen LogP contribution in [0.4, 0.5) is 0 Å². The van der Waals surface area contributed by atoms with Gasteiger partial charge in [-0.1, -0.05) is 29.3 Å². The number of benzene rings is 1. The van der Waals surface area contributed by atoms with Crippen LogP contribution < -0.4 is 5.73 Å². The lowest BCUT2D eigenvalue weighted by atomic mass is 9.99. The minimum atomic E-state index is 0.192. The largest absolute Gasteiger partial charge is 0.338 e. The highest BCUT2D eigenvalue weighted by Gasteiger charge is 2.07. The van der Waals surface area contributed by atoms with E-state index >= 15 is 0 Å². The Hall–Kier alpha value is -1.61. The second kappa shape index (κ2) is 6.02. The third-order valence-corrected chi connectivity index (χ3v) is 3.44. The highest BCUT2D eigenvalue weighted by Crippen LogP contribution is 2.12. The average molecular weight is 257 g/mol. The third-order valence-electron chi connectivity index (χ3n) is 3.44. The van der Waals surface area contributed by atoms with E-state index < -0.39 is 0 Å². The van der Waals surface area contributed by atoms with Gasteiger partial charge in [-0.3, -0.25) is 0 Å². The average Bonchev–Trinajstić information content (AvgIpc) is 2.71. The molecule has 1 unspecified atom stereocenters. The topological polar surface area (TPSA) is 43.8 Å². The van der Waals surface area contributed by atoms with Crippen molar-refractivity contribution >= 4 is 0 Å². The molecule has 0 bridgehead atoms. The lowest BCUT2D eigenvalue weighted by Gasteiger charge is -2.12. The van der Waals surface area contributed by atoms with Gasteiger partial charge in [0.2, 0.25) is 0 Å². The molecule has 19 heavy (non-hydrogen) atoms. The lowest BCUT2D eigenvalue weighted by molar-refractivity contribution is 0.589. The molecule has 0 amide bonds. The molecule has 3 heteroatoms. The Morgan fingerprint density at radius 3 is 2.47 bits per heavy atom. The standard InChI is InChI=1S/C16H23N3/c1-12-8-13(2)10-14(9-12)11-15(17)4-5-16-18-6-7-19(16)3/h6-10,15H,4-5,11,17H2,1-3H3. The maximum absolute atomic E-state index is 6.24. The second-order valence-electron chi connectivity index (χ2n) is 5.45. The van der Waals surface area contributed by atoms with E-state index in [2.05, 4.69) is 41.6 Å². The Bertz CT molecular complexity index is 522. The van der Waals surface area contributed by atoms with Crippen LogP contribution in [0.15, 0.2) is 30.6 Å². The van der Waals surface area contributed by atoms with Crippen molar-refractivity contribution in [2.45, 2.75) is 39.2 Å². The van der Waals surface area contributed by atoms with E-state index in [-0.39, 0.29) is 6.04 Å². The third kappa shape index (κ3) is 3.93. The molecule has 1 aromatic carbocycles. The van der Waals surface area contributed by atoms with E-state index in [1.165, 1.54) is 16.7 Å². The van der Waals surface area contributed by atoms with Crippen LogP contribution in [-0.2, 0) is 19.9 Å². The van der Waals surface area contributed by atoms with Crippen molar-refractivity contribution in [1.82, 2.24) is 9.55 Å². The molecule has 0 aliphatic carbocycles. The fourth-order valence-corrected chi connectivity index (χ4v) is 2.54. The molecule has 1 atom stereocenters. The van der Waals surface area contributed by atoms with Crippen LogP contribution >= 0.6 is 0 Å². The van der Waals surface area contributed by atoms with Gasteiger partial charge >= 0.3 is 0 Å². The monoisotopic (exact) mass is 257 g/mol. The van der Waals surface area contributed by atoms with Crippen LogP contribution in [0.2, 0.25) is 0 Å². The smallest absolute Gasteiger partial charge is 0.108 e. The van der Waals surface area contributed by atoms with E-state index in [0.29, 0.717) is 0 Å². The zero-order valence-corrected chi connectivity index (χ0v) is 12.1. The zero-order chi connectivity index (χ0) is 13.8. The van der Waals surface area contributed by atoms with Crippen molar-refractivity contribution < 1.29 is 0 Å². The van der Waals surface area contributed by atoms with E-state index in [4.69, 9.17) is 5.73 Å². The number of rotatable bonds is 5. The van der Waals surface area contributed by atoms with Crippen LogP contribution in [0, 0.1) is 13.8 Å². The molecule has 0 saturated heterocycles. The minimum absolute atomic E-state index is 0.192. The summed E-state index contributed by atoms with van der Waals surface area (Å²) >= 11 is 0. The van der Waals surface area contributed by atoms with E-state index in [9.17, 15) is 0 Å². The highest BCUT2D eigenvalue weighted by atomic mass is 15.0. The Kier molecular flexibility index (Phi) is 4.38. The number of nitrogens with two attached hydrogens (primary N) is 1. The Balaban J connectivity index is 1.90. The van der Waals surface area contributed by atoms with E-state index in [1.54, 1.807) is 0 Å². The Labute approximate surface area is 115 Å². The molecule has 0 saturated carbocycles. The van der Waals surface area contributed by atoms with Crippen molar-refractivity contribution in [3.8, 4) is 0 Å². The molecular formula is C16H23N3. The quantitative estimate of drug-likeness (QED) is 0.894. The molecule has 0 spiro atoms. The molecule has 1 heterocycles. The fraction of sp³-hybridized carbons (Fsp3) is 0.438. The van der Waals surface area contributed by atoms with Crippen LogP contribution in [0.5, 0.6) is 0 Å². The number of nitrogens with zero attached hydrogens (tertiary/aromatic N) is 2. The first-order chi connectivity index (χ1) is 9.04. The van der Waals surface area contributed by atoms with Gasteiger partial charge < -0.3 is 10.3 Å². The summed E-state index contributed by atoms with van der Waals surface area (Å²) in [5.41, 5.74) is 10.2. The molecule has 2 N–H and O–H groups in total. The highest BCUT2D eigenvalue weighted by molar-refractivity contribution is 5.29. The first-order valence-corrected chi connectivity index (χ1v) is 6.83. The van der Waals surface area contributed by atoms with Gasteiger partial charge in [-0.25, -0.2) is 4.98 Å². The predicted octanol–water partition coefficient (Wildman–Crippen LogP) is 2.54. The predicted molar refractivity (Wildman–Crippen MR) is 79.1 cm³/mol. The van der Waals surface area contributed by atoms with Crippen LogP contribution in [-0.4, -0.2) is 15.6 Å². The molecule has 1 aromatic heterocycles. The fourth-order valence-electron chi connectivity index (χ4n) is 2.54. The van der Waals surface area contributed by atoms with Gasteiger partial charge in [0.1, 0.15) is 5.82 Å². The molecule has 2 rings (SSSR count). The van der Waals surface area contributed by atoms with Gasteiger partial charge in [-0.2, -0.15) is 0 Å². The number of hydrogen-bond donors (Lipinski definition) is 1. The molecule has 0 fully saturated rings. The summed E-state index contributed by atoms with van der Waals surface area (Å²) in [5.74, 6) is 1.11. The maximum Gasteiger partial charge on any atom is 0.108 e. The lowest BCUT2D eigenvalue weighted by Crippen LogP contribution is -2.24. The molecule has 0 aliphatic heterocycles. The number of hydrogen-bond acceptors (Lipinski definition) is 2. The van der Waals surface area contributed by atoms with Gasteiger partial charge in [0.15, 0.2) is 0 Å². The van der Waals surface area contributed by atoms with Gasteiger partial charge in [-0.05, 0) is 32.3 Å². The van der Waals surface area contributed by atoms with E-state index in [0.717, 1.165) is 25.1 Å². The van der Waals surface area contributed by atoms with Crippen molar-refractivity contribution in [2.24, 2.45) is 12.8 Å². The Morgan fingerprint density at radius 1 is 1.21 bits per heavy atom. The summed E-state index contributed by atoms with van der Waals surface area (Å²) in [6.07, 6.45) is 6.66. The summed E-state index contributed by atoms with van der Waals surface area (Å²) in [6, 6.07) is 6.85. The minimum Gasteiger partial charge on any atom is -0.338 e. The van der Waals surface area contributed by atoms with Gasteiger partial charge in [0.05, 0.1) is 0 Å². The molecule has 3 nitrogen and oxygen atoms in total. The number of imidazole rings is 1. The first kappa shape index (κ1) is 13.8. The summed E-state index contributed by atoms with van der Waals surface area (Å²) in [5, 5.41) is 0. The van der Waals surface area contributed by atoms with Crippen molar-refractivity contribution in [3.05, 3.63) is 53.1 Å². The van der Waals surface area contributed by atoms with Crippen LogP contribution in [0.1, 0.15) is 28.9 Å². The molecule has 2 aromatic rings. The maximum atomic E-state index is 6.24. The molecule has 0 aliphatic rings. The SMILES string of the molecule is Cc1cc(C)cc(CC(N)CCc2nccn2C)c1. The van der Waals surface area contributed by atoms with Crippen molar-refractivity contribution in [3.63, 3.8) is 0 Å². The van der Waals surface area contributed by atoms with Gasteiger partial charge in [0, 0.05) is 31.9 Å². The Morgan fingerprint density at radius 2 is 1.89 bits per heavy atom. The molecular weight excluding hydrogens is 234 g/mol. The number of aryl methyl sites for hydroxylation is 4. The van der Waals surface area contributed by atoms with Gasteiger partial charge in [-0.15, -0.1) is 0 Å². The second-order valence-corrected chi connectivity index (χ2v) is 5.45. The van der Waals surface area contributed by atoms with Crippen LogP contribution in [0.25, 0.3) is 0 Å².